The van der Waals surface area contributed by atoms with Crippen molar-refractivity contribution >= 4 is 22.1 Å². The fourth-order valence-corrected chi connectivity index (χ4v) is 3.10. The summed E-state index contributed by atoms with van der Waals surface area (Å²) >= 11 is 1.82. The number of thioether (sulfide) groups is 1. The molecule has 0 aromatic rings. The van der Waals surface area contributed by atoms with Crippen LogP contribution in [-0.4, -0.2) is 30.5 Å². The molecular formula is C7H14NNaO3S2. The van der Waals surface area contributed by atoms with Crippen LogP contribution in [0.15, 0.2) is 0 Å². The van der Waals surface area contributed by atoms with Crippen molar-refractivity contribution in [2.45, 2.75) is 31.7 Å². The molecule has 1 atom stereocenters. The third kappa shape index (κ3) is 7.50. The summed E-state index contributed by atoms with van der Waals surface area (Å²) in [6.45, 7) is 0. The summed E-state index contributed by atoms with van der Waals surface area (Å²) < 4.78 is 33.4. The molecule has 14 heavy (non-hydrogen) atoms. The quantitative estimate of drug-likeness (QED) is 0.441. The van der Waals surface area contributed by atoms with E-state index in [4.69, 9.17) is 0 Å². The third-order valence-electron chi connectivity index (χ3n) is 2.01. The molecule has 0 bridgehead atoms. The van der Waals surface area contributed by atoms with Crippen LogP contribution in [-0.2, 0) is 10.3 Å². The first-order valence-corrected chi connectivity index (χ1v) is 6.95. The van der Waals surface area contributed by atoms with E-state index >= 15 is 0 Å². The van der Waals surface area contributed by atoms with Crippen molar-refractivity contribution in [2.75, 3.05) is 11.5 Å². The molecular weight excluding hydrogens is 233 g/mol. The van der Waals surface area contributed by atoms with Crippen molar-refractivity contribution in [1.29, 1.82) is 0 Å². The van der Waals surface area contributed by atoms with Gasteiger partial charge in [0.25, 0.3) is 0 Å². The predicted molar refractivity (Wildman–Crippen MR) is 52.4 cm³/mol. The van der Waals surface area contributed by atoms with Crippen molar-refractivity contribution < 1.29 is 42.5 Å². The Labute approximate surface area is 112 Å². The maximum Gasteiger partial charge on any atom is 1.00 e. The molecule has 1 saturated heterocycles. The fourth-order valence-electron chi connectivity index (χ4n) is 1.39. The molecule has 0 aromatic heterocycles. The van der Waals surface area contributed by atoms with Crippen LogP contribution in [0.4, 0.5) is 0 Å². The molecule has 0 spiro atoms. The molecule has 1 aliphatic rings. The third-order valence-corrected chi connectivity index (χ3v) is 3.74. The number of hydrogen-bond donors (Lipinski definition) is 1. The summed E-state index contributed by atoms with van der Waals surface area (Å²) in [5.74, 6) is 2.09. The first kappa shape index (κ1) is 15.2. The van der Waals surface area contributed by atoms with Gasteiger partial charge in [0.05, 0.1) is 0 Å². The Morgan fingerprint density at radius 1 is 1.21 bits per heavy atom. The van der Waals surface area contributed by atoms with Crippen LogP contribution in [0.2, 0.25) is 0 Å². The maximum atomic E-state index is 10.4. The molecule has 1 unspecified atom stereocenters. The maximum absolute atomic E-state index is 10.4. The Balaban J connectivity index is 0.00000169. The second-order valence-electron chi connectivity index (χ2n) is 3.17. The van der Waals surface area contributed by atoms with E-state index in [9.17, 15) is 13.0 Å². The minimum Gasteiger partial charge on any atom is -0.735 e. The van der Waals surface area contributed by atoms with Crippen molar-refractivity contribution in [1.82, 2.24) is 4.72 Å². The van der Waals surface area contributed by atoms with Gasteiger partial charge in [-0.05, 0) is 30.8 Å². The summed E-state index contributed by atoms with van der Waals surface area (Å²) in [6, 6.07) is -0.143. The molecule has 1 N–H and O–H groups in total. The molecule has 1 fully saturated rings. The smallest absolute Gasteiger partial charge is 0.735 e. The van der Waals surface area contributed by atoms with E-state index in [0.717, 1.165) is 37.2 Å². The second kappa shape index (κ2) is 7.49. The molecule has 1 heterocycles. The molecule has 1 aliphatic heterocycles. The van der Waals surface area contributed by atoms with Crippen LogP contribution < -0.4 is 34.3 Å². The van der Waals surface area contributed by atoms with E-state index in [1.165, 1.54) is 0 Å². The molecule has 0 amide bonds. The Morgan fingerprint density at radius 3 is 2.57 bits per heavy atom. The molecule has 1 rings (SSSR count). The van der Waals surface area contributed by atoms with E-state index in [-0.39, 0.29) is 35.6 Å². The molecule has 78 valence electrons. The zero-order valence-electron chi connectivity index (χ0n) is 8.36. The summed E-state index contributed by atoms with van der Waals surface area (Å²) in [4.78, 5) is 0. The van der Waals surface area contributed by atoms with Crippen LogP contribution in [0.5, 0.6) is 0 Å². The summed E-state index contributed by atoms with van der Waals surface area (Å²) in [5.41, 5.74) is 0. The van der Waals surface area contributed by atoms with Gasteiger partial charge in [0.15, 0.2) is 10.3 Å². The second-order valence-corrected chi connectivity index (χ2v) is 5.53. The molecule has 0 saturated carbocycles. The summed E-state index contributed by atoms with van der Waals surface area (Å²) in [6.07, 6.45) is 3.68. The van der Waals surface area contributed by atoms with Crippen LogP contribution in [0.1, 0.15) is 25.7 Å². The normalized spacial score (nSPS) is 24.5. The summed E-state index contributed by atoms with van der Waals surface area (Å²) in [7, 11) is -4.26. The van der Waals surface area contributed by atoms with Crippen LogP contribution in [0, 0.1) is 0 Å². The monoisotopic (exact) mass is 247 g/mol. The van der Waals surface area contributed by atoms with Gasteiger partial charge in [-0.25, -0.2) is 13.1 Å². The fraction of sp³-hybridized carbons (Fsp3) is 1.00. The van der Waals surface area contributed by atoms with Crippen molar-refractivity contribution in [2.24, 2.45) is 0 Å². The number of rotatable bonds is 2. The van der Waals surface area contributed by atoms with Gasteiger partial charge in [0, 0.05) is 6.04 Å². The van der Waals surface area contributed by atoms with Gasteiger partial charge < -0.3 is 4.55 Å². The standard InChI is InChI=1S/C7H15NO3S2.Na/c9-13(10,11)8-7-3-1-2-5-12-6-4-7;/h7-8H,1-6H2,(H,9,10,11);/q;+1/p-1. The molecule has 0 aromatic carbocycles. The van der Waals surface area contributed by atoms with Crippen LogP contribution >= 0.6 is 11.8 Å². The van der Waals surface area contributed by atoms with Gasteiger partial charge in [-0.2, -0.15) is 11.8 Å². The van der Waals surface area contributed by atoms with Crippen molar-refractivity contribution in [3.63, 3.8) is 0 Å². The molecule has 7 heteroatoms. The zero-order chi connectivity index (χ0) is 9.73. The van der Waals surface area contributed by atoms with E-state index in [0.29, 0.717) is 0 Å². The van der Waals surface area contributed by atoms with Gasteiger partial charge in [-0.15, -0.1) is 0 Å². The summed E-state index contributed by atoms with van der Waals surface area (Å²) in [5, 5.41) is 0. The number of nitrogens with one attached hydrogen (secondary N) is 1. The van der Waals surface area contributed by atoms with E-state index in [2.05, 4.69) is 4.72 Å². The Bertz CT molecular complexity index is 237. The average molecular weight is 247 g/mol. The molecule has 4 nitrogen and oxygen atoms in total. The van der Waals surface area contributed by atoms with Gasteiger partial charge >= 0.3 is 29.6 Å². The molecule has 0 aliphatic carbocycles. The first-order valence-electron chi connectivity index (χ1n) is 4.39. The van der Waals surface area contributed by atoms with E-state index < -0.39 is 10.3 Å². The Hall–Kier alpha value is 1.22. The number of hydrogen-bond acceptors (Lipinski definition) is 4. The Kier molecular flexibility index (Phi) is 8.14. The molecule has 0 radical (unpaired) electrons. The van der Waals surface area contributed by atoms with Gasteiger partial charge in [-0.3, -0.25) is 0 Å². The van der Waals surface area contributed by atoms with Gasteiger partial charge in [-0.1, -0.05) is 6.42 Å². The topological polar surface area (TPSA) is 69.2 Å². The van der Waals surface area contributed by atoms with Crippen molar-refractivity contribution in [3.05, 3.63) is 0 Å². The zero-order valence-corrected chi connectivity index (χ0v) is 12.0. The van der Waals surface area contributed by atoms with Crippen molar-refractivity contribution in [3.8, 4) is 0 Å². The van der Waals surface area contributed by atoms with Crippen LogP contribution in [0.3, 0.4) is 0 Å². The first-order chi connectivity index (χ1) is 6.08. The largest absolute Gasteiger partial charge is 1.00 e. The minimum atomic E-state index is -4.26. The van der Waals surface area contributed by atoms with Gasteiger partial charge in [0.1, 0.15) is 0 Å². The average Bonchev–Trinajstić information content (AvgIpc) is 1.92. The van der Waals surface area contributed by atoms with Crippen LogP contribution in [0.25, 0.3) is 0 Å². The van der Waals surface area contributed by atoms with E-state index in [1.807, 2.05) is 11.8 Å². The SMILES string of the molecule is O=S(=O)([O-])NC1CCCCSCC1.[Na+]. The van der Waals surface area contributed by atoms with E-state index in [1.54, 1.807) is 0 Å². The predicted octanol–water partition coefficient (Wildman–Crippen LogP) is -2.28. The minimum absolute atomic E-state index is 0. The van der Waals surface area contributed by atoms with Gasteiger partial charge in [0.2, 0.25) is 0 Å². The Morgan fingerprint density at radius 2 is 1.93 bits per heavy atom.